The zero-order chi connectivity index (χ0) is 16.2. The number of H-pyrrole nitrogens is 1. The summed E-state index contributed by atoms with van der Waals surface area (Å²) in [5, 5.41) is 0. The molecule has 2 aromatic carbocycles. The minimum Gasteiger partial charge on any atom is -0.486 e. The maximum Gasteiger partial charge on any atom is 0.251 e. The van der Waals surface area contributed by atoms with Crippen molar-refractivity contribution in [2.75, 3.05) is 5.73 Å². The number of nitrogen functional groups attached to an aromatic ring is 1. The number of nitrogens with one attached hydrogen (secondary N) is 1. The largest absolute Gasteiger partial charge is 0.486 e. The number of hydrogen-bond acceptors (Lipinski definition) is 4. The lowest BCUT2D eigenvalue weighted by Gasteiger charge is -2.08. The number of nitrogens with zero attached hydrogens (tertiary/aromatic N) is 1. The molecule has 0 bridgehead atoms. The minimum atomic E-state index is -0.222. The molecular formula is C18H17N3O2. The number of aromatic nitrogens is 2. The number of ether oxygens (including phenoxy) is 1. The quantitative estimate of drug-likeness (QED) is 0.726. The molecule has 3 aromatic rings. The minimum absolute atomic E-state index is 0.189. The predicted molar refractivity (Wildman–Crippen MR) is 90.2 cm³/mol. The van der Waals surface area contributed by atoms with E-state index >= 15 is 0 Å². The Morgan fingerprint density at radius 3 is 2.65 bits per heavy atom. The summed E-state index contributed by atoms with van der Waals surface area (Å²) in [6, 6.07) is 16.4. The van der Waals surface area contributed by atoms with Gasteiger partial charge in [0, 0.05) is 17.3 Å². The van der Waals surface area contributed by atoms with Gasteiger partial charge in [-0.2, -0.15) is 0 Å². The topological polar surface area (TPSA) is 81.0 Å². The monoisotopic (exact) mass is 307 g/mol. The molecule has 3 rings (SSSR count). The number of nitrogens with two attached hydrogens (primary N) is 1. The number of rotatable bonds is 4. The summed E-state index contributed by atoms with van der Waals surface area (Å²) in [7, 11) is 0. The van der Waals surface area contributed by atoms with Crippen molar-refractivity contribution in [3.05, 3.63) is 76.3 Å². The summed E-state index contributed by atoms with van der Waals surface area (Å²) in [6.07, 6.45) is 0. The van der Waals surface area contributed by atoms with E-state index in [0.717, 1.165) is 16.9 Å². The molecule has 0 fully saturated rings. The van der Waals surface area contributed by atoms with Crippen molar-refractivity contribution in [2.45, 2.75) is 13.5 Å². The summed E-state index contributed by atoms with van der Waals surface area (Å²) < 4.78 is 5.66. The van der Waals surface area contributed by atoms with Crippen LogP contribution >= 0.6 is 0 Å². The van der Waals surface area contributed by atoms with Gasteiger partial charge in [0.25, 0.3) is 5.56 Å². The molecule has 0 aliphatic rings. The average molecular weight is 307 g/mol. The highest BCUT2D eigenvalue weighted by Crippen LogP contribution is 2.18. The highest BCUT2D eigenvalue weighted by atomic mass is 16.5. The van der Waals surface area contributed by atoms with Gasteiger partial charge in [-0.3, -0.25) is 4.79 Å². The molecule has 1 heterocycles. The Balaban J connectivity index is 1.83. The van der Waals surface area contributed by atoms with E-state index in [-0.39, 0.29) is 12.2 Å². The molecule has 5 heteroatoms. The lowest BCUT2D eigenvalue weighted by atomic mass is 10.1. The molecule has 0 aliphatic carbocycles. The van der Waals surface area contributed by atoms with Crippen LogP contribution < -0.4 is 16.0 Å². The van der Waals surface area contributed by atoms with E-state index in [1.165, 1.54) is 6.07 Å². The highest BCUT2D eigenvalue weighted by Gasteiger charge is 2.05. The zero-order valence-corrected chi connectivity index (χ0v) is 12.7. The van der Waals surface area contributed by atoms with Crippen molar-refractivity contribution < 1.29 is 4.74 Å². The molecule has 0 unspecified atom stereocenters. The molecule has 0 saturated carbocycles. The fraction of sp³-hybridized carbons (Fsp3) is 0.111. The molecule has 3 N–H and O–H groups in total. The second kappa shape index (κ2) is 6.36. The summed E-state index contributed by atoms with van der Waals surface area (Å²) >= 11 is 0. The van der Waals surface area contributed by atoms with Crippen LogP contribution in [0.15, 0.2) is 59.4 Å². The Morgan fingerprint density at radius 2 is 1.91 bits per heavy atom. The number of benzene rings is 2. The van der Waals surface area contributed by atoms with Crippen molar-refractivity contribution in [3.63, 3.8) is 0 Å². The van der Waals surface area contributed by atoms with E-state index in [1.807, 2.05) is 43.3 Å². The van der Waals surface area contributed by atoms with Crippen LogP contribution in [0.1, 0.15) is 11.4 Å². The summed E-state index contributed by atoms with van der Waals surface area (Å²) in [6.45, 7) is 2.20. The van der Waals surface area contributed by atoms with Crippen LogP contribution in [0.4, 0.5) is 5.69 Å². The standard InChI is InChI=1S/C18H17N3O2/c1-12-5-7-15(8-6-12)23-11-17-20-16(10-18(22)21-17)13-3-2-4-14(19)9-13/h2-10H,11,19H2,1H3,(H,20,21,22). The summed E-state index contributed by atoms with van der Waals surface area (Å²) in [5.41, 5.74) is 8.72. The number of hydrogen-bond donors (Lipinski definition) is 2. The normalized spacial score (nSPS) is 10.5. The van der Waals surface area contributed by atoms with Gasteiger partial charge in [0.1, 0.15) is 18.2 Å². The summed E-state index contributed by atoms with van der Waals surface area (Å²) in [4.78, 5) is 19.0. The van der Waals surface area contributed by atoms with Gasteiger partial charge >= 0.3 is 0 Å². The Bertz CT molecular complexity index is 870. The molecule has 5 nitrogen and oxygen atoms in total. The third-order valence-corrected chi connectivity index (χ3v) is 3.37. The molecule has 0 saturated heterocycles. The van der Waals surface area contributed by atoms with E-state index in [0.29, 0.717) is 17.2 Å². The van der Waals surface area contributed by atoms with E-state index in [1.54, 1.807) is 12.1 Å². The first-order valence-electron chi connectivity index (χ1n) is 7.26. The van der Waals surface area contributed by atoms with Crippen molar-refractivity contribution >= 4 is 5.69 Å². The Labute approximate surface area is 133 Å². The van der Waals surface area contributed by atoms with Crippen molar-refractivity contribution in [3.8, 4) is 17.0 Å². The van der Waals surface area contributed by atoms with Crippen LogP contribution in [0.5, 0.6) is 5.75 Å². The second-order valence-corrected chi connectivity index (χ2v) is 5.30. The van der Waals surface area contributed by atoms with Crippen LogP contribution in [0.25, 0.3) is 11.3 Å². The van der Waals surface area contributed by atoms with Crippen LogP contribution in [0.2, 0.25) is 0 Å². The Kier molecular flexibility index (Phi) is 4.10. The van der Waals surface area contributed by atoms with E-state index in [2.05, 4.69) is 9.97 Å². The molecular weight excluding hydrogens is 290 g/mol. The Morgan fingerprint density at radius 1 is 1.13 bits per heavy atom. The van der Waals surface area contributed by atoms with Gasteiger partial charge in [-0.1, -0.05) is 29.8 Å². The average Bonchev–Trinajstić information content (AvgIpc) is 2.54. The predicted octanol–water partition coefficient (Wildman–Crippen LogP) is 2.91. The molecule has 0 amide bonds. The van der Waals surface area contributed by atoms with Crippen molar-refractivity contribution in [1.29, 1.82) is 0 Å². The molecule has 0 radical (unpaired) electrons. The molecule has 0 aliphatic heterocycles. The van der Waals surface area contributed by atoms with Crippen molar-refractivity contribution in [2.24, 2.45) is 0 Å². The van der Waals surface area contributed by atoms with Gasteiger partial charge in [-0.05, 0) is 31.2 Å². The molecule has 23 heavy (non-hydrogen) atoms. The third-order valence-electron chi connectivity index (χ3n) is 3.37. The molecule has 0 spiro atoms. The smallest absolute Gasteiger partial charge is 0.251 e. The number of anilines is 1. The number of aryl methyl sites for hydroxylation is 1. The molecule has 1 aromatic heterocycles. The first kappa shape index (κ1) is 14.8. The first-order valence-corrected chi connectivity index (χ1v) is 7.26. The van der Waals surface area contributed by atoms with E-state index < -0.39 is 0 Å². The Hall–Kier alpha value is -3.08. The lowest BCUT2D eigenvalue weighted by Crippen LogP contribution is -2.13. The maximum absolute atomic E-state index is 11.8. The summed E-state index contributed by atoms with van der Waals surface area (Å²) in [5.74, 6) is 1.20. The van der Waals surface area contributed by atoms with E-state index in [4.69, 9.17) is 10.5 Å². The van der Waals surface area contributed by atoms with E-state index in [9.17, 15) is 4.79 Å². The first-order chi connectivity index (χ1) is 11.1. The van der Waals surface area contributed by atoms with Gasteiger partial charge in [0.05, 0.1) is 5.69 Å². The van der Waals surface area contributed by atoms with Crippen LogP contribution in [0.3, 0.4) is 0 Å². The zero-order valence-electron chi connectivity index (χ0n) is 12.7. The fourth-order valence-electron chi connectivity index (χ4n) is 2.21. The SMILES string of the molecule is Cc1ccc(OCc2nc(-c3cccc(N)c3)cc(=O)[nH]2)cc1. The molecule has 0 atom stereocenters. The lowest BCUT2D eigenvalue weighted by molar-refractivity contribution is 0.295. The third kappa shape index (κ3) is 3.77. The van der Waals surface area contributed by atoms with Gasteiger partial charge in [0.2, 0.25) is 0 Å². The van der Waals surface area contributed by atoms with Gasteiger partial charge in [-0.15, -0.1) is 0 Å². The van der Waals surface area contributed by atoms with Gasteiger partial charge in [0.15, 0.2) is 0 Å². The van der Waals surface area contributed by atoms with Crippen molar-refractivity contribution in [1.82, 2.24) is 9.97 Å². The number of aromatic amines is 1. The van der Waals surface area contributed by atoms with Crippen LogP contribution in [-0.2, 0) is 6.61 Å². The van der Waals surface area contributed by atoms with Gasteiger partial charge < -0.3 is 15.5 Å². The maximum atomic E-state index is 11.8. The van der Waals surface area contributed by atoms with Crippen LogP contribution in [-0.4, -0.2) is 9.97 Å². The van der Waals surface area contributed by atoms with Gasteiger partial charge in [-0.25, -0.2) is 4.98 Å². The molecule has 116 valence electrons. The second-order valence-electron chi connectivity index (χ2n) is 5.30. The highest BCUT2D eigenvalue weighted by molar-refractivity contribution is 5.63. The van der Waals surface area contributed by atoms with Crippen LogP contribution in [0, 0.1) is 6.92 Å². The fourth-order valence-corrected chi connectivity index (χ4v) is 2.21.